The average molecular weight is 514 g/mol. The number of amides is 1. The Morgan fingerprint density at radius 2 is 1.61 bits per heavy atom. The lowest BCUT2D eigenvalue weighted by Crippen LogP contribution is -2.32. The summed E-state index contributed by atoms with van der Waals surface area (Å²) in [5.74, 6) is 0.878. The van der Waals surface area contributed by atoms with Crippen LogP contribution in [0.4, 0.5) is 0 Å². The molecule has 0 atom stereocenters. The Hall–Kier alpha value is -3.21. The topological polar surface area (TPSA) is 29.5 Å². The van der Waals surface area contributed by atoms with Crippen molar-refractivity contribution in [2.75, 3.05) is 13.2 Å². The van der Waals surface area contributed by atoms with Gasteiger partial charge < -0.3 is 9.64 Å². The van der Waals surface area contributed by atoms with Crippen LogP contribution in [0.25, 0.3) is 11.1 Å². The zero-order chi connectivity index (χ0) is 25.2. The molecule has 5 rings (SSSR count). The quantitative estimate of drug-likeness (QED) is 0.276. The second-order valence-electron chi connectivity index (χ2n) is 9.23. The maximum absolute atomic E-state index is 13.6. The van der Waals surface area contributed by atoms with Gasteiger partial charge in [0.15, 0.2) is 0 Å². The molecule has 0 spiro atoms. The van der Waals surface area contributed by atoms with Crippen LogP contribution in [0.1, 0.15) is 32.6 Å². The molecule has 0 saturated heterocycles. The normalized spacial score (nSPS) is 13.1. The van der Waals surface area contributed by atoms with E-state index in [0.29, 0.717) is 24.7 Å². The molecule has 0 aliphatic carbocycles. The van der Waals surface area contributed by atoms with Gasteiger partial charge in [-0.15, -0.1) is 0 Å². The zero-order valence-corrected chi connectivity index (χ0v) is 22.2. The first-order chi connectivity index (χ1) is 17.4. The van der Waals surface area contributed by atoms with E-state index in [1.165, 1.54) is 16.7 Å². The highest BCUT2D eigenvalue weighted by Crippen LogP contribution is 2.33. The molecule has 0 saturated carbocycles. The van der Waals surface area contributed by atoms with Crippen molar-refractivity contribution in [3.63, 3.8) is 0 Å². The maximum atomic E-state index is 13.6. The molecule has 5 heteroatoms. The fraction of sp³-hybridized carbons (Fsp3) is 0.194. The number of nitrogens with zero attached hydrogens (tertiary/aromatic N) is 1. The maximum Gasteiger partial charge on any atom is 0.254 e. The monoisotopic (exact) mass is 513 g/mol. The van der Waals surface area contributed by atoms with E-state index in [9.17, 15) is 4.79 Å². The molecule has 0 fully saturated rings. The Morgan fingerprint density at radius 1 is 0.833 bits per heavy atom. The number of carbonyl (C=O) groups excluding carboxylic acids is 1. The smallest absolute Gasteiger partial charge is 0.254 e. The lowest BCUT2D eigenvalue weighted by molar-refractivity contribution is 0.0732. The van der Waals surface area contributed by atoms with E-state index in [2.05, 4.69) is 50.2 Å². The lowest BCUT2D eigenvalue weighted by atomic mass is 9.98. The molecule has 1 aliphatic rings. The number of halogens is 1. The Bertz CT molecular complexity index is 1450. The van der Waals surface area contributed by atoms with Gasteiger partial charge >= 0.3 is 0 Å². The van der Waals surface area contributed by atoms with Gasteiger partial charge in [-0.1, -0.05) is 53.7 Å². The van der Waals surface area contributed by atoms with Crippen molar-refractivity contribution in [2.24, 2.45) is 0 Å². The minimum Gasteiger partial charge on any atom is -0.491 e. The number of ether oxygens (including phenoxy) is 1. The second kappa shape index (κ2) is 10.4. The summed E-state index contributed by atoms with van der Waals surface area (Å²) < 4.78 is 6.02. The predicted molar refractivity (Wildman–Crippen MR) is 148 cm³/mol. The van der Waals surface area contributed by atoms with Crippen LogP contribution < -0.4 is 4.74 Å². The van der Waals surface area contributed by atoms with E-state index in [-0.39, 0.29) is 5.91 Å². The summed E-state index contributed by atoms with van der Waals surface area (Å²) in [7, 11) is 0. The van der Waals surface area contributed by atoms with Crippen LogP contribution in [0.3, 0.4) is 0 Å². The van der Waals surface area contributed by atoms with Crippen molar-refractivity contribution in [3.05, 3.63) is 112 Å². The van der Waals surface area contributed by atoms with Crippen LogP contribution in [-0.4, -0.2) is 24.0 Å². The number of hydrogen-bond donors (Lipinski definition) is 0. The fourth-order valence-electron chi connectivity index (χ4n) is 4.44. The highest BCUT2D eigenvalue weighted by atomic mass is 35.5. The molecular weight excluding hydrogens is 486 g/mol. The lowest BCUT2D eigenvalue weighted by Gasteiger charge is -2.21. The molecule has 1 heterocycles. The Morgan fingerprint density at radius 3 is 2.39 bits per heavy atom. The van der Waals surface area contributed by atoms with Crippen molar-refractivity contribution in [1.82, 2.24) is 4.90 Å². The molecule has 36 heavy (non-hydrogen) atoms. The van der Waals surface area contributed by atoms with E-state index < -0.39 is 0 Å². The molecule has 0 radical (unpaired) electrons. The molecule has 1 aliphatic heterocycles. The van der Waals surface area contributed by atoms with Gasteiger partial charge in [-0.3, -0.25) is 4.79 Å². The minimum absolute atomic E-state index is 0.0276. The number of carbonyl (C=O) groups is 1. The number of hydrogen-bond acceptors (Lipinski definition) is 3. The summed E-state index contributed by atoms with van der Waals surface area (Å²) in [5.41, 5.74) is 7.56. The van der Waals surface area contributed by atoms with Crippen molar-refractivity contribution < 1.29 is 9.53 Å². The summed E-state index contributed by atoms with van der Waals surface area (Å²) in [6, 6.07) is 26.6. The van der Waals surface area contributed by atoms with Crippen LogP contribution >= 0.6 is 23.4 Å². The van der Waals surface area contributed by atoms with Crippen LogP contribution in [0.15, 0.2) is 88.7 Å². The molecule has 0 unspecified atom stereocenters. The van der Waals surface area contributed by atoms with Gasteiger partial charge in [0.05, 0.1) is 6.54 Å². The van der Waals surface area contributed by atoms with Gasteiger partial charge in [0.2, 0.25) is 0 Å². The molecule has 182 valence electrons. The number of aryl methyl sites for hydroxylation is 3. The van der Waals surface area contributed by atoms with Crippen LogP contribution in [-0.2, 0) is 6.54 Å². The molecule has 4 aromatic carbocycles. The average Bonchev–Trinajstić information content (AvgIpc) is 3.07. The SMILES string of the molecule is Cc1ccc(-c2ccc3c(c2)CN(C(=O)c2ccc(Sc4cccc(Cl)c4)cc2C)CCO3)cc1C. The van der Waals surface area contributed by atoms with Crippen LogP contribution in [0, 0.1) is 20.8 Å². The van der Waals surface area contributed by atoms with Crippen LogP contribution in [0.2, 0.25) is 5.02 Å². The molecular formula is C31H28ClNO2S. The second-order valence-corrected chi connectivity index (χ2v) is 10.8. The Kier molecular flexibility index (Phi) is 7.08. The van der Waals surface area contributed by atoms with E-state index in [0.717, 1.165) is 37.8 Å². The summed E-state index contributed by atoms with van der Waals surface area (Å²) in [6.45, 7) is 7.79. The Balaban J connectivity index is 1.37. The van der Waals surface area contributed by atoms with Crippen LogP contribution in [0.5, 0.6) is 5.75 Å². The van der Waals surface area contributed by atoms with Crippen molar-refractivity contribution in [2.45, 2.75) is 37.1 Å². The minimum atomic E-state index is 0.0276. The first-order valence-electron chi connectivity index (χ1n) is 12.0. The molecule has 3 nitrogen and oxygen atoms in total. The molecule has 0 bridgehead atoms. The third-order valence-electron chi connectivity index (χ3n) is 6.63. The third kappa shape index (κ3) is 5.30. The van der Waals surface area contributed by atoms with Gasteiger partial charge in [-0.25, -0.2) is 0 Å². The summed E-state index contributed by atoms with van der Waals surface area (Å²) in [4.78, 5) is 17.6. The first kappa shape index (κ1) is 24.5. The number of fused-ring (bicyclic) bond motifs is 1. The van der Waals surface area contributed by atoms with E-state index in [1.807, 2.05) is 54.3 Å². The van der Waals surface area contributed by atoms with Gasteiger partial charge in [0, 0.05) is 32.5 Å². The third-order valence-corrected chi connectivity index (χ3v) is 7.84. The van der Waals surface area contributed by atoms with Gasteiger partial charge in [-0.2, -0.15) is 0 Å². The van der Waals surface area contributed by atoms with Crippen molar-refractivity contribution in [1.29, 1.82) is 0 Å². The fourth-order valence-corrected chi connectivity index (χ4v) is 5.68. The van der Waals surface area contributed by atoms with Crippen molar-refractivity contribution >= 4 is 29.3 Å². The first-order valence-corrected chi connectivity index (χ1v) is 13.2. The van der Waals surface area contributed by atoms with Gasteiger partial charge in [-0.05, 0) is 97.1 Å². The summed E-state index contributed by atoms with van der Waals surface area (Å²) in [6.07, 6.45) is 0. The van der Waals surface area contributed by atoms with E-state index >= 15 is 0 Å². The van der Waals surface area contributed by atoms with Gasteiger partial charge in [0.1, 0.15) is 12.4 Å². The molecule has 1 amide bonds. The van der Waals surface area contributed by atoms with E-state index in [1.54, 1.807) is 11.8 Å². The summed E-state index contributed by atoms with van der Waals surface area (Å²) in [5, 5.41) is 0.716. The summed E-state index contributed by atoms with van der Waals surface area (Å²) >= 11 is 7.77. The van der Waals surface area contributed by atoms with Crippen molar-refractivity contribution in [3.8, 4) is 16.9 Å². The Labute approximate surface area is 222 Å². The molecule has 0 N–H and O–H groups in total. The standard InChI is InChI=1S/C31H28ClNO2S/c1-20-7-8-23(15-21(20)2)24-9-12-30-25(17-24)19-33(13-14-35-30)31(34)29-11-10-28(16-22(29)3)36-27-6-4-5-26(32)18-27/h4-12,15-18H,13-14,19H2,1-3H3. The number of benzene rings is 4. The molecule has 4 aromatic rings. The number of rotatable bonds is 4. The van der Waals surface area contributed by atoms with Gasteiger partial charge in [0.25, 0.3) is 5.91 Å². The zero-order valence-electron chi connectivity index (χ0n) is 20.7. The predicted octanol–water partition coefficient (Wildman–Crippen LogP) is 8.12. The molecule has 0 aromatic heterocycles. The van der Waals surface area contributed by atoms with E-state index in [4.69, 9.17) is 16.3 Å². The highest BCUT2D eigenvalue weighted by Gasteiger charge is 2.23. The highest BCUT2D eigenvalue weighted by molar-refractivity contribution is 7.99. The largest absolute Gasteiger partial charge is 0.491 e.